The van der Waals surface area contributed by atoms with Crippen molar-refractivity contribution in [3.8, 4) is 5.75 Å². The van der Waals surface area contributed by atoms with Crippen LogP contribution in [0.5, 0.6) is 5.75 Å². The van der Waals surface area contributed by atoms with Gasteiger partial charge in [-0.15, -0.1) is 0 Å². The number of hydrogen-bond donors (Lipinski definition) is 0. The van der Waals surface area contributed by atoms with Crippen LogP contribution in [0.15, 0.2) is 42.9 Å². The first-order valence-electron chi connectivity index (χ1n) is 7.59. The first-order chi connectivity index (χ1) is 11.1. The molecule has 0 amide bonds. The van der Waals surface area contributed by atoms with E-state index in [2.05, 4.69) is 29.8 Å². The molecule has 1 heterocycles. The van der Waals surface area contributed by atoms with Crippen molar-refractivity contribution >= 4 is 12.0 Å². The molecule has 1 aromatic carbocycles. The van der Waals surface area contributed by atoms with E-state index in [0.29, 0.717) is 12.5 Å². The van der Waals surface area contributed by atoms with Gasteiger partial charge in [0.15, 0.2) is 0 Å². The summed E-state index contributed by atoms with van der Waals surface area (Å²) in [6.45, 7) is 5.58. The normalized spacial score (nSPS) is 11.1. The highest BCUT2D eigenvalue weighted by Crippen LogP contribution is 2.14. The van der Waals surface area contributed by atoms with E-state index in [1.54, 1.807) is 6.08 Å². The van der Waals surface area contributed by atoms with Crippen LogP contribution in [0.2, 0.25) is 0 Å². The largest absolute Gasteiger partial charge is 0.492 e. The summed E-state index contributed by atoms with van der Waals surface area (Å²) in [6.07, 6.45) is 6.98. The summed E-state index contributed by atoms with van der Waals surface area (Å²) < 4.78 is 12.3. The minimum absolute atomic E-state index is 0.369. The molecular formula is C18H22N2O3. The molecule has 2 rings (SSSR count). The molecule has 0 fully saturated rings. The molecule has 0 N–H and O–H groups in total. The first-order valence-corrected chi connectivity index (χ1v) is 7.59. The number of aromatic nitrogens is 2. The predicted octanol–water partition coefficient (Wildman–Crippen LogP) is 3.27. The predicted molar refractivity (Wildman–Crippen MR) is 89.3 cm³/mol. The van der Waals surface area contributed by atoms with Crippen LogP contribution in [0.4, 0.5) is 0 Å². The summed E-state index contributed by atoms with van der Waals surface area (Å²) in [5.74, 6) is 0.860. The summed E-state index contributed by atoms with van der Waals surface area (Å²) in [4.78, 5) is 15.4. The second kappa shape index (κ2) is 8.17. The third kappa shape index (κ3) is 5.29. The Labute approximate surface area is 136 Å². The van der Waals surface area contributed by atoms with Crippen molar-refractivity contribution in [2.24, 2.45) is 0 Å². The topological polar surface area (TPSA) is 53.4 Å². The maximum atomic E-state index is 11.0. The highest BCUT2D eigenvalue weighted by Gasteiger charge is 2.03. The number of imidazole rings is 1. The van der Waals surface area contributed by atoms with Crippen LogP contribution < -0.4 is 4.74 Å². The van der Waals surface area contributed by atoms with E-state index >= 15 is 0 Å². The van der Waals surface area contributed by atoms with Crippen molar-refractivity contribution in [2.75, 3.05) is 13.7 Å². The van der Waals surface area contributed by atoms with E-state index in [-0.39, 0.29) is 5.97 Å². The van der Waals surface area contributed by atoms with Crippen molar-refractivity contribution in [2.45, 2.75) is 26.3 Å². The summed E-state index contributed by atoms with van der Waals surface area (Å²) in [6, 6.07) is 7.54. The lowest BCUT2D eigenvalue weighted by Crippen LogP contribution is -2.06. The summed E-state index contributed by atoms with van der Waals surface area (Å²) >= 11 is 0. The molecule has 0 saturated heterocycles. The molecule has 0 aliphatic rings. The Morgan fingerprint density at radius 3 is 2.65 bits per heavy atom. The lowest BCUT2D eigenvalue weighted by atomic mass is 10.2. The number of nitrogens with zero attached hydrogens (tertiary/aromatic N) is 2. The zero-order valence-electron chi connectivity index (χ0n) is 13.7. The second-order valence-electron chi connectivity index (χ2n) is 5.47. The molecule has 5 nitrogen and oxygen atoms in total. The van der Waals surface area contributed by atoms with Crippen LogP contribution in [-0.4, -0.2) is 29.2 Å². The van der Waals surface area contributed by atoms with Gasteiger partial charge in [0.1, 0.15) is 12.4 Å². The summed E-state index contributed by atoms with van der Waals surface area (Å²) in [5, 5.41) is 0. The molecule has 0 radical (unpaired) electrons. The number of esters is 1. The molecule has 0 spiro atoms. The van der Waals surface area contributed by atoms with Crippen molar-refractivity contribution in [1.82, 2.24) is 9.55 Å². The lowest BCUT2D eigenvalue weighted by molar-refractivity contribution is -0.134. The van der Waals surface area contributed by atoms with Crippen molar-refractivity contribution < 1.29 is 14.3 Å². The Morgan fingerprint density at radius 1 is 1.30 bits per heavy atom. The van der Waals surface area contributed by atoms with Crippen LogP contribution in [0.3, 0.4) is 0 Å². The van der Waals surface area contributed by atoms with Crippen LogP contribution in [-0.2, 0) is 16.1 Å². The third-order valence-corrected chi connectivity index (χ3v) is 3.36. The van der Waals surface area contributed by atoms with Gasteiger partial charge in [0.05, 0.1) is 25.7 Å². The highest BCUT2D eigenvalue weighted by molar-refractivity contribution is 5.86. The monoisotopic (exact) mass is 314 g/mol. The molecule has 1 aromatic heterocycles. The Kier molecular flexibility index (Phi) is 5.97. The highest BCUT2D eigenvalue weighted by atomic mass is 16.5. The van der Waals surface area contributed by atoms with Crippen LogP contribution in [0.25, 0.3) is 6.08 Å². The molecule has 0 unspecified atom stereocenters. The van der Waals surface area contributed by atoms with Crippen LogP contribution in [0, 0.1) is 0 Å². The van der Waals surface area contributed by atoms with E-state index in [9.17, 15) is 4.79 Å². The standard InChI is InChI=1S/C18H22N2O3/c1-14(2)17-12-20(13-19-17)10-11-23-16-7-4-15(5-8-16)6-9-18(21)22-3/h4-9,12-14H,10-11H2,1-3H3/b9-6+. The van der Waals surface area contributed by atoms with Crippen LogP contribution in [0.1, 0.15) is 31.0 Å². The molecule has 0 atom stereocenters. The minimum atomic E-state index is -0.369. The Hall–Kier alpha value is -2.56. The van der Waals surface area contributed by atoms with Gasteiger partial charge >= 0.3 is 5.97 Å². The molecular weight excluding hydrogens is 292 g/mol. The van der Waals surface area contributed by atoms with Crippen LogP contribution >= 0.6 is 0 Å². The van der Waals surface area contributed by atoms with Crippen molar-refractivity contribution in [1.29, 1.82) is 0 Å². The van der Waals surface area contributed by atoms with Crippen molar-refractivity contribution in [3.63, 3.8) is 0 Å². The summed E-state index contributed by atoms with van der Waals surface area (Å²) in [5.41, 5.74) is 2.01. The van der Waals surface area contributed by atoms with Gasteiger partial charge < -0.3 is 14.0 Å². The fraction of sp³-hybridized carbons (Fsp3) is 0.333. The van der Waals surface area contributed by atoms with Gasteiger partial charge in [-0.05, 0) is 29.7 Å². The lowest BCUT2D eigenvalue weighted by Gasteiger charge is -2.07. The van der Waals surface area contributed by atoms with E-state index in [1.165, 1.54) is 13.2 Å². The van der Waals surface area contributed by atoms with Gasteiger partial charge in [-0.3, -0.25) is 0 Å². The minimum Gasteiger partial charge on any atom is -0.492 e. The zero-order valence-corrected chi connectivity index (χ0v) is 13.7. The van der Waals surface area contributed by atoms with Gasteiger partial charge in [-0.1, -0.05) is 26.0 Å². The molecule has 0 bridgehead atoms. The maximum absolute atomic E-state index is 11.0. The number of methoxy groups -OCH3 is 1. The first kappa shape index (κ1) is 16.8. The fourth-order valence-electron chi connectivity index (χ4n) is 1.97. The van der Waals surface area contributed by atoms with Gasteiger partial charge in [0, 0.05) is 12.3 Å². The van der Waals surface area contributed by atoms with Crippen molar-refractivity contribution in [3.05, 3.63) is 54.1 Å². The fourth-order valence-corrected chi connectivity index (χ4v) is 1.97. The van der Waals surface area contributed by atoms with E-state index in [1.807, 2.05) is 35.2 Å². The third-order valence-electron chi connectivity index (χ3n) is 3.36. The summed E-state index contributed by atoms with van der Waals surface area (Å²) in [7, 11) is 1.36. The molecule has 5 heteroatoms. The Morgan fingerprint density at radius 2 is 2.04 bits per heavy atom. The van der Waals surface area contributed by atoms with Gasteiger partial charge in [0.2, 0.25) is 0 Å². The number of ether oxygens (including phenoxy) is 2. The number of carbonyl (C=O) groups excluding carboxylic acids is 1. The Bertz CT molecular complexity index is 657. The second-order valence-corrected chi connectivity index (χ2v) is 5.47. The Balaban J connectivity index is 1.81. The number of rotatable bonds is 7. The van der Waals surface area contributed by atoms with E-state index < -0.39 is 0 Å². The van der Waals surface area contributed by atoms with Gasteiger partial charge in [-0.2, -0.15) is 0 Å². The molecule has 0 aliphatic carbocycles. The van der Waals surface area contributed by atoms with E-state index in [0.717, 1.165) is 23.6 Å². The molecule has 23 heavy (non-hydrogen) atoms. The van der Waals surface area contributed by atoms with E-state index in [4.69, 9.17) is 4.74 Å². The van der Waals surface area contributed by atoms with Gasteiger partial charge in [-0.25, -0.2) is 9.78 Å². The average molecular weight is 314 g/mol. The number of benzene rings is 1. The average Bonchev–Trinajstić information content (AvgIpc) is 3.03. The molecule has 2 aromatic rings. The molecule has 0 aliphatic heterocycles. The molecule has 122 valence electrons. The SMILES string of the molecule is COC(=O)/C=C/c1ccc(OCCn2cnc(C(C)C)c2)cc1. The zero-order chi connectivity index (χ0) is 16.7. The maximum Gasteiger partial charge on any atom is 0.330 e. The van der Waals surface area contributed by atoms with Gasteiger partial charge in [0.25, 0.3) is 0 Å². The quantitative estimate of drug-likeness (QED) is 0.581. The number of carbonyl (C=O) groups is 1. The molecule has 0 saturated carbocycles. The number of hydrogen-bond acceptors (Lipinski definition) is 4. The smallest absolute Gasteiger partial charge is 0.330 e.